The topological polar surface area (TPSA) is 56.1 Å². The molecule has 0 spiro atoms. The lowest BCUT2D eigenvalue weighted by Gasteiger charge is -2.37. The van der Waals surface area contributed by atoms with E-state index < -0.39 is 0 Å². The van der Waals surface area contributed by atoms with E-state index in [1.807, 2.05) is 20.8 Å². The molecule has 1 amide bonds. The molecule has 0 aromatic carbocycles. The van der Waals surface area contributed by atoms with E-state index in [-0.39, 0.29) is 17.5 Å². The van der Waals surface area contributed by atoms with Gasteiger partial charge in [-0.15, -0.1) is 0 Å². The highest BCUT2D eigenvalue weighted by molar-refractivity contribution is 5.79. The van der Waals surface area contributed by atoms with Gasteiger partial charge >= 0.3 is 0 Å². The largest absolute Gasteiger partial charge is 0.325 e. The van der Waals surface area contributed by atoms with Crippen LogP contribution in [0.3, 0.4) is 0 Å². The highest BCUT2D eigenvalue weighted by Gasteiger charge is 2.31. The van der Waals surface area contributed by atoms with E-state index in [9.17, 15) is 4.79 Å². The van der Waals surface area contributed by atoms with E-state index in [2.05, 4.69) is 11.4 Å². The smallest absolute Gasteiger partial charge is 0.237 e. The van der Waals surface area contributed by atoms with Crippen molar-refractivity contribution in [1.82, 2.24) is 10.2 Å². The Morgan fingerprint density at radius 2 is 2.29 bits per heavy atom. The van der Waals surface area contributed by atoms with Crippen molar-refractivity contribution < 1.29 is 4.79 Å². The molecule has 1 heterocycles. The minimum Gasteiger partial charge on any atom is -0.325 e. The van der Waals surface area contributed by atoms with Gasteiger partial charge in [0.25, 0.3) is 0 Å². The fourth-order valence-corrected chi connectivity index (χ4v) is 1.26. The zero-order valence-corrected chi connectivity index (χ0v) is 9.00. The van der Waals surface area contributed by atoms with Gasteiger partial charge in [-0.2, -0.15) is 5.26 Å². The predicted molar refractivity (Wildman–Crippen MR) is 53.5 cm³/mol. The average molecular weight is 195 g/mol. The van der Waals surface area contributed by atoms with E-state index >= 15 is 0 Å². The number of rotatable bonds is 2. The molecule has 1 atom stereocenters. The summed E-state index contributed by atoms with van der Waals surface area (Å²) in [5.41, 5.74) is -0.0529. The molecule has 1 fully saturated rings. The van der Waals surface area contributed by atoms with Gasteiger partial charge in [0.15, 0.2) is 0 Å². The first kappa shape index (κ1) is 11.0. The number of nitrogens with one attached hydrogen (secondary N) is 1. The van der Waals surface area contributed by atoms with Crippen LogP contribution in [-0.4, -0.2) is 35.5 Å². The summed E-state index contributed by atoms with van der Waals surface area (Å²) in [6.07, 6.45) is 0.817. The number of likely N-dealkylation sites (tertiary alicyclic amines) is 1. The third-order valence-electron chi connectivity index (χ3n) is 2.26. The first-order chi connectivity index (χ1) is 6.44. The lowest BCUT2D eigenvalue weighted by Crippen LogP contribution is -2.54. The number of hydrogen-bond donors (Lipinski definition) is 1. The molecule has 0 radical (unpaired) electrons. The van der Waals surface area contributed by atoms with Crippen LogP contribution in [0.2, 0.25) is 0 Å². The summed E-state index contributed by atoms with van der Waals surface area (Å²) in [4.78, 5) is 13.2. The molecule has 0 aromatic heterocycles. The van der Waals surface area contributed by atoms with Gasteiger partial charge in [-0.25, -0.2) is 0 Å². The van der Waals surface area contributed by atoms with Gasteiger partial charge in [0.1, 0.15) is 6.04 Å². The Morgan fingerprint density at radius 1 is 1.64 bits per heavy atom. The Bertz CT molecular complexity index is 262. The zero-order valence-electron chi connectivity index (χ0n) is 9.00. The Labute approximate surface area is 84.9 Å². The maximum absolute atomic E-state index is 11.6. The van der Waals surface area contributed by atoms with Crippen LogP contribution < -0.4 is 5.32 Å². The van der Waals surface area contributed by atoms with Crippen molar-refractivity contribution in [3.8, 4) is 6.07 Å². The zero-order chi connectivity index (χ0) is 10.8. The molecule has 0 bridgehead atoms. The fraction of sp³-hybridized carbons (Fsp3) is 0.800. The van der Waals surface area contributed by atoms with Crippen molar-refractivity contribution in [3.63, 3.8) is 0 Å². The summed E-state index contributed by atoms with van der Waals surface area (Å²) in [5.74, 6) is 0.0257. The molecule has 0 saturated carbocycles. The number of carbonyl (C=O) groups excluding carboxylic acids is 1. The van der Waals surface area contributed by atoms with Crippen LogP contribution in [0, 0.1) is 11.3 Å². The monoisotopic (exact) mass is 195 g/mol. The van der Waals surface area contributed by atoms with Crippen molar-refractivity contribution >= 4 is 5.91 Å². The van der Waals surface area contributed by atoms with Crippen molar-refractivity contribution in [2.75, 3.05) is 13.1 Å². The summed E-state index contributed by atoms with van der Waals surface area (Å²) < 4.78 is 0. The van der Waals surface area contributed by atoms with Crippen LogP contribution in [0.4, 0.5) is 0 Å². The van der Waals surface area contributed by atoms with Gasteiger partial charge in [0, 0.05) is 12.1 Å². The summed E-state index contributed by atoms with van der Waals surface area (Å²) in [6, 6.07) is 1.92. The molecular formula is C10H17N3O. The van der Waals surface area contributed by atoms with Crippen LogP contribution in [0.15, 0.2) is 0 Å². The number of nitrogens with zero attached hydrogens (tertiary/aromatic N) is 2. The summed E-state index contributed by atoms with van der Waals surface area (Å²) >= 11 is 0. The second-order valence-corrected chi connectivity index (χ2v) is 4.62. The maximum atomic E-state index is 11.6. The van der Waals surface area contributed by atoms with Crippen molar-refractivity contribution in [1.29, 1.82) is 5.26 Å². The van der Waals surface area contributed by atoms with Gasteiger partial charge in [-0.05, 0) is 27.2 Å². The molecule has 1 unspecified atom stereocenters. The second kappa shape index (κ2) is 3.97. The third-order valence-corrected chi connectivity index (χ3v) is 2.26. The van der Waals surface area contributed by atoms with E-state index in [1.165, 1.54) is 0 Å². The van der Waals surface area contributed by atoms with E-state index in [0.29, 0.717) is 6.54 Å². The van der Waals surface area contributed by atoms with Crippen molar-refractivity contribution in [2.24, 2.45) is 0 Å². The lowest BCUT2D eigenvalue weighted by molar-refractivity contribution is -0.136. The Hall–Kier alpha value is -1.08. The third kappa shape index (κ3) is 2.71. The highest BCUT2D eigenvalue weighted by atomic mass is 16.2. The molecule has 1 aliphatic rings. The molecule has 1 rings (SSSR count). The Kier molecular flexibility index (Phi) is 3.12. The Morgan fingerprint density at radius 3 is 2.64 bits per heavy atom. The molecular weight excluding hydrogens is 178 g/mol. The van der Waals surface area contributed by atoms with Crippen LogP contribution in [0.25, 0.3) is 0 Å². The fourth-order valence-electron chi connectivity index (χ4n) is 1.26. The minimum absolute atomic E-state index is 0.0257. The van der Waals surface area contributed by atoms with Crippen LogP contribution >= 0.6 is 0 Å². The van der Waals surface area contributed by atoms with Crippen LogP contribution in [0.1, 0.15) is 27.2 Å². The quantitative estimate of drug-likeness (QED) is 0.698. The molecule has 1 N–H and O–H groups in total. The standard InChI is InChI=1S/C10H17N3O/c1-10(2,3)12-7-9(14)13-5-4-8(13)6-11/h8,12H,4-5,7H2,1-3H3. The van der Waals surface area contributed by atoms with Gasteiger partial charge in [-0.3, -0.25) is 4.79 Å². The molecule has 4 heteroatoms. The van der Waals surface area contributed by atoms with Gasteiger partial charge in [0.05, 0.1) is 12.6 Å². The molecule has 14 heavy (non-hydrogen) atoms. The van der Waals surface area contributed by atoms with Crippen molar-refractivity contribution in [3.05, 3.63) is 0 Å². The van der Waals surface area contributed by atoms with E-state index in [1.54, 1.807) is 4.90 Å². The number of nitriles is 1. The number of hydrogen-bond acceptors (Lipinski definition) is 3. The molecule has 0 aromatic rings. The lowest BCUT2D eigenvalue weighted by atomic mass is 10.0. The summed E-state index contributed by atoms with van der Waals surface area (Å²) in [6.45, 7) is 7.08. The van der Waals surface area contributed by atoms with Gasteiger partial charge in [-0.1, -0.05) is 0 Å². The molecule has 0 aliphatic carbocycles. The number of carbonyl (C=O) groups is 1. The maximum Gasteiger partial charge on any atom is 0.237 e. The average Bonchev–Trinajstić information content (AvgIpc) is 1.98. The Balaban J connectivity index is 2.33. The molecule has 78 valence electrons. The SMILES string of the molecule is CC(C)(C)NCC(=O)N1CCC1C#N. The first-order valence-electron chi connectivity index (χ1n) is 4.88. The van der Waals surface area contributed by atoms with Crippen molar-refractivity contribution in [2.45, 2.75) is 38.8 Å². The molecule has 1 saturated heterocycles. The van der Waals surface area contributed by atoms with E-state index in [0.717, 1.165) is 13.0 Å². The highest BCUT2D eigenvalue weighted by Crippen LogP contribution is 2.16. The van der Waals surface area contributed by atoms with Crippen LogP contribution in [-0.2, 0) is 4.79 Å². The predicted octanol–water partition coefficient (Wildman–Crippen LogP) is 0.499. The van der Waals surface area contributed by atoms with Crippen LogP contribution in [0.5, 0.6) is 0 Å². The molecule has 1 aliphatic heterocycles. The number of amides is 1. The minimum atomic E-state index is -0.190. The van der Waals surface area contributed by atoms with E-state index in [4.69, 9.17) is 5.26 Å². The van der Waals surface area contributed by atoms with Gasteiger partial charge in [0.2, 0.25) is 5.91 Å². The van der Waals surface area contributed by atoms with Gasteiger partial charge < -0.3 is 10.2 Å². The summed E-state index contributed by atoms with van der Waals surface area (Å²) in [5, 5.41) is 11.8. The first-order valence-corrected chi connectivity index (χ1v) is 4.88. The second-order valence-electron chi connectivity index (χ2n) is 4.62. The summed E-state index contributed by atoms with van der Waals surface area (Å²) in [7, 11) is 0. The normalized spacial score (nSPS) is 21.3. The molecule has 4 nitrogen and oxygen atoms in total.